The first-order valence-electron chi connectivity index (χ1n) is 18.7. The minimum absolute atomic E-state index is 0.652. The molecule has 1 aliphatic rings. The van der Waals surface area contributed by atoms with E-state index in [-0.39, 0.29) is 0 Å². The number of aromatic nitrogens is 3. The van der Waals surface area contributed by atoms with Gasteiger partial charge in [0, 0.05) is 16.7 Å². The van der Waals surface area contributed by atoms with Crippen LogP contribution in [0.15, 0.2) is 212 Å². The molecule has 258 valence electrons. The molecule has 1 aliphatic heterocycles. The Labute approximate surface area is 322 Å². The third-order valence-corrected chi connectivity index (χ3v) is 15.7. The highest BCUT2D eigenvalue weighted by molar-refractivity contribution is 7.22. The van der Waals surface area contributed by atoms with Crippen molar-refractivity contribution in [3.63, 3.8) is 0 Å². The van der Waals surface area contributed by atoms with Gasteiger partial charge in [0.25, 0.3) is 0 Å². The molecule has 0 bridgehead atoms. The Morgan fingerprint density at radius 1 is 0.255 bits per heavy atom. The molecule has 0 aliphatic carbocycles. The third kappa shape index (κ3) is 5.72. The second-order valence-corrected chi connectivity index (χ2v) is 17.7. The highest BCUT2D eigenvalue weighted by Gasteiger charge is 2.48. The van der Waals surface area contributed by atoms with Gasteiger partial charge in [-0.1, -0.05) is 206 Å². The molecular weight excluding hydrogens is 683 g/mol. The molecule has 10 rings (SSSR count). The van der Waals surface area contributed by atoms with E-state index in [1.165, 1.54) is 43.0 Å². The van der Waals surface area contributed by atoms with Gasteiger partial charge in [-0.05, 0) is 60.2 Å². The van der Waals surface area contributed by atoms with Gasteiger partial charge in [0.15, 0.2) is 25.5 Å². The van der Waals surface area contributed by atoms with Crippen LogP contribution in [0.3, 0.4) is 0 Å². The molecule has 0 saturated heterocycles. The molecule has 0 N–H and O–H groups in total. The summed E-state index contributed by atoms with van der Waals surface area (Å²) < 4.78 is 0. The SMILES string of the molecule is c1ccc(-c2nc(-c3ccccc3)nc(-c3ccc(-c4ccc(-c5ccc6c(c5)-c5ccccc5[Si]6(c5ccccc5)c5ccccc5)cc4)cc3)n2)cc1. The number of rotatable bonds is 7. The van der Waals surface area contributed by atoms with Crippen molar-refractivity contribution < 1.29 is 0 Å². The fraction of sp³-hybridized carbons (Fsp3) is 0. The lowest BCUT2D eigenvalue weighted by molar-refractivity contribution is 1.07. The minimum atomic E-state index is -2.49. The summed E-state index contributed by atoms with van der Waals surface area (Å²) in [5.41, 5.74) is 10.3. The number of hydrogen-bond donors (Lipinski definition) is 0. The molecule has 1 aromatic heterocycles. The van der Waals surface area contributed by atoms with Crippen LogP contribution in [0.25, 0.3) is 67.5 Å². The zero-order valence-electron chi connectivity index (χ0n) is 30.0. The standard InChI is InChI=1S/C51H35N3Si/c1-5-15-39(16-6-1)49-52-50(40-17-7-2-8-18-40)54-51(53-49)41-31-29-37(30-32-41)36-25-27-38(28-26-36)42-33-34-48-46(35-42)45-23-13-14-24-47(45)55(48,43-19-9-3-10-20-43)44-21-11-4-12-22-44/h1-35H. The topological polar surface area (TPSA) is 38.7 Å². The highest BCUT2D eigenvalue weighted by atomic mass is 28.3. The lowest BCUT2D eigenvalue weighted by Gasteiger charge is -2.31. The first-order chi connectivity index (χ1) is 27.3. The van der Waals surface area contributed by atoms with Crippen molar-refractivity contribution in [2.24, 2.45) is 0 Å². The van der Waals surface area contributed by atoms with Gasteiger partial charge in [-0.15, -0.1) is 0 Å². The minimum Gasteiger partial charge on any atom is -0.208 e. The van der Waals surface area contributed by atoms with E-state index >= 15 is 0 Å². The Kier molecular flexibility index (Phi) is 8.16. The second-order valence-electron chi connectivity index (χ2n) is 14.0. The van der Waals surface area contributed by atoms with Crippen molar-refractivity contribution in [2.45, 2.75) is 0 Å². The highest BCUT2D eigenvalue weighted by Crippen LogP contribution is 2.34. The maximum Gasteiger partial charge on any atom is 0.180 e. The number of fused-ring (bicyclic) bond motifs is 3. The van der Waals surface area contributed by atoms with Crippen molar-refractivity contribution in [1.82, 2.24) is 15.0 Å². The second kappa shape index (κ2) is 13.8. The molecule has 0 spiro atoms. The number of nitrogens with zero attached hydrogens (tertiary/aromatic N) is 3. The summed E-state index contributed by atoms with van der Waals surface area (Å²) in [6.45, 7) is 0. The zero-order chi connectivity index (χ0) is 36.6. The molecule has 0 atom stereocenters. The summed E-state index contributed by atoms with van der Waals surface area (Å²) in [6, 6.07) is 76.2. The van der Waals surface area contributed by atoms with E-state index in [0.29, 0.717) is 17.5 Å². The Balaban J connectivity index is 0.985. The molecule has 2 heterocycles. The first kappa shape index (κ1) is 32.6. The summed E-state index contributed by atoms with van der Waals surface area (Å²) in [5, 5.41) is 5.75. The quantitative estimate of drug-likeness (QED) is 0.154. The molecule has 0 fully saturated rings. The summed E-state index contributed by atoms with van der Waals surface area (Å²) >= 11 is 0. The fourth-order valence-corrected chi connectivity index (χ4v) is 13.4. The normalized spacial score (nSPS) is 12.5. The first-order valence-corrected chi connectivity index (χ1v) is 20.7. The average molecular weight is 718 g/mol. The maximum absolute atomic E-state index is 4.91. The van der Waals surface area contributed by atoms with Crippen LogP contribution in [0.4, 0.5) is 0 Å². The predicted octanol–water partition coefficient (Wildman–Crippen LogP) is 9.56. The van der Waals surface area contributed by atoms with Crippen LogP contribution in [0, 0.1) is 0 Å². The lowest BCUT2D eigenvalue weighted by atomic mass is 9.97. The van der Waals surface area contributed by atoms with Gasteiger partial charge < -0.3 is 0 Å². The molecule has 55 heavy (non-hydrogen) atoms. The predicted molar refractivity (Wildman–Crippen MR) is 230 cm³/mol. The molecule has 8 aromatic carbocycles. The average Bonchev–Trinajstić information content (AvgIpc) is 3.58. The summed E-state index contributed by atoms with van der Waals surface area (Å²) in [4.78, 5) is 14.7. The van der Waals surface area contributed by atoms with Crippen LogP contribution in [0.5, 0.6) is 0 Å². The number of benzene rings is 8. The Morgan fingerprint density at radius 3 is 1.09 bits per heavy atom. The molecule has 0 saturated carbocycles. The van der Waals surface area contributed by atoms with Crippen LogP contribution in [0.1, 0.15) is 0 Å². The zero-order valence-corrected chi connectivity index (χ0v) is 31.0. The van der Waals surface area contributed by atoms with Crippen LogP contribution in [0.2, 0.25) is 0 Å². The van der Waals surface area contributed by atoms with Crippen LogP contribution >= 0.6 is 0 Å². The van der Waals surface area contributed by atoms with E-state index in [1.807, 2.05) is 60.7 Å². The van der Waals surface area contributed by atoms with Crippen molar-refractivity contribution in [2.75, 3.05) is 0 Å². The largest absolute Gasteiger partial charge is 0.208 e. The van der Waals surface area contributed by atoms with Gasteiger partial charge in [0.1, 0.15) is 0 Å². The van der Waals surface area contributed by atoms with Crippen LogP contribution in [-0.2, 0) is 0 Å². The smallest absolute Gasteiger partial charge is 0.180 e. The molecule has 0 unspecified atom stereocenters. The van der Waals surface area contributed by atoms with Crippen molar-refractivity contribution in [1.29, 1.82) is 0 Å². The van der Waals surface area contributed by atoms with E-state index in [0.717, 1.165) is 27.8 Å². The van der Waals surface area contributed by atoms with E-state index in [9.17, 15) is 0 Å². The Morgan fingerprint density at radius 2 is 0.600 bits per heavy atom. The van der Waals surface area contributed by atoms with Crippen LogP contribution in [-0.4, -0.2) is 23.0 Å². The number of hydrogen-bond acceptors (Lipinski definition) is 3. The van der Waals surface area contributed by atoms with Gasteiger partial charge in [-0.2, -0.15) is 0 Å². The van der Waals surface area contributed by atoms with E-state index < -0.39 is 8.07 Å². The van der Waals surface area contributed by atoms with Crippen molar-refractivity contribution in [3.05, 3.63) is 212 Å². The van der Waals surface area contributed by atoms with E-state index in [2.05, 4.69) is 152 Å². The summed E-state index contributed by atoms with van der Waals surface area (Å²) in [6.07, 6.45) is 0. The van der Waals surface area contributed by atoms with Crippen molar-refractivity contribution >= 4 is 28.8 Å². The van der Waals surface area contributed by atoms with E-state index in [4.69, 9.17) is 15.0 Å². The molecule has 4 heteroatoms. The molecule has 3 nitrogen and oxygen atoms in total. The molecule has 9 aromatic rings. The lowest BCUT2D eigenvalue weighted by Crippen LogP contribution is -2.72. The van der Waals surface area contributed by atoms with Crippen LogP contribution < -0.4 is 20.7 Å². The molecule has 0 amide bonds. The summed E-state index contributed by atoms with van der Waals surface area (Å²) in [7, 11) is -2.49. The van der Waals surface area contributed by atoms with Gasteiger partial charge in [0.05, 0.1) is 0 Å². The Hall–Kier alpha value is -7.01. The fourth-order valence-electron chi connectivity index (χ4n) is 8.23. The van der Waals surface area contributed by atoms with E-state index in [1.54, 1.807) is 0 Å². The Bertz CT molecular complexity index is 2670. The van der Waals surface area contributed by atoms with Gasteiger partial charge in [-0.25, -0.2) is 15.0 Å². The van der Waals surface area contributed by atoms with Gasteiger partial charge in [0.2, 0.25) is 0 Å². The molecule has 0 radical (unpaired) electrons. The summed E-state index contributed by atoms with van der Waals surface area (Å²) in [5.74, 6) is 1.97. The molecular formula is C51H35N3Si. The maximum atomic E-state index is 4.91. The third-order valence-electron chi connectivity index (χ3n) is 10.9. The van der Waals surface area contributed by atoms with Gasteiger partial charge in [-0.3, -0.25) is 0 Å². The monoisotopic (exact) mass is 717 g/mol. The van der Waals surface area contributed by atoms with Gasteiger partial charge >= 0.3 is 0 Å². The van der Waals surface area contributed by atoms with Crippen molar-refractivity contribution in [3.8, 4) is 67.5 Å².